The zero-order valence-electron chi connectivity index (χ0n) is 13.2. The van der Waals surface area contributed by atoms with E-state index in [0.717, 1.165) is 0 Å². The number of carbonyl (C=O) groups is 1. The van der Waals surface area contributed by atoms with E-state index in [1.54, 1.807) is 37.3 Å². The fourth-order valence-corrected chi connectivity index (χ4v) is 2.96. The monoisotopic (exact) mass is 348 g/mol. The Kier molecular flexibility index (Phi) is 5.21. The molecule has 0 saturated carbocycles. The minimum Gasteiger partial charge on any atom is -0.494 e. The standard InChI is InChI=1S/C15H16N4O4S/c1-11-12(15(20)18-24(21,22)9-5-8-16)10-17-19(11)13-6-3-4-7-14(13)23-2/h3-4,6-7,10H,5,9H2,1-2H3,(H,18,20). The minimum atomic E-state index is -3.86. The molecule has 126 valence electrons. The van der Waals surface area contributed by atoms with Crippen LogP contribution in [0.2, 0.25) is 0 Å². The molecular weight excluding hydrogens is 332 g/mol. The number of aromatic nitrogens is 2. The average Bonchev–Trinajstić information content (AvgIpc) is 2.94. The summed E-state index contributed by atoms with van der Waals surface area (Å²) in [7, 11) is -2.34. The molecule has 2 aromatic rings. The van der Waals surface area contributed by atoms with Crippen molar-refractivity contribution in [3.05, 3.63) is 41.7 Å². The van der Waals surface area contributed by atoms with Crippen LogP contribution in [0.1, 0.15) is 22.5 Å². The van der Waals surface area contributed by atoms with Crippen LogP contribution in [0.25, 0.3) is 5.69 Å². The summed E-state index contributed by atoms with van der Waals surface area (Å²) < 4.78 is 32.2. The molecule has 0 aliphatic carbocycles. The first-order valence-electron chi connectivity index (χ1n) is 6.99. The van der Waals surface area contributed by atoms with Crippen molar-refractivity contribution in [2.24, 2.45) is 0 Å². The van der Waals surface area contributed by atoms with Crippen molar-refractivity contribution in [3.8, 4) is 17.5 Å². The average molecular weight is 348 g/mol. The van der Waals surface area contributed by atoms with Crippen LogP contribution in [0.15, 0.2) is 30.5 Å². The summed E-state index contributed by atoms with van der Waals surface area (Å²) in [6.45, 7) is 1.65. The Morgan fingerprint density at radius 2 is 2.12 bits per heavy atom. The minimum absolute atomic E-state index is 0.126. The number of hydrogen-bond acceptors (Lipinski definition) is 6. The fraction of sp³-hybridized carbons (Fsp3) is 0.267. The maximum absolute atomic E-state index is 12.2. The van der Waals surface area contributed by atoms with Gasteiger partial charge in [-0.25, -0.2) is 17.8 Å². The number of amides is 1. The third-order valence-electron chi connectivity index (χ3n) is 3.30. The van der Waals surface area contributed by atoms with Gasteiger partial charge in [-0.05, 0) is 19.1 Å². The molecule has 0 fully saturated rings. The lowest BCUT2D eigenvalue weighted by atomic mass is 10.2. The third-order valence-corrected chi connectivity index (χ3v) is 4.54. The Morgan fingerprint density at radius 3 is 2.79 bits per heavy atom. The molecule has 2 rings (SSSR count). The molecule has 0 radical (unpaired) electrons. The number of nitriles is 1. The maximum atomic E-state index is 12.2. The number of nitrogens with zero attached hydrogens (tertiary/aromatic N) is 3. The number of sulfonamides is 1. The van der Waals surface area contributed by atoms with Crippen LogP contribution >= 0.6 is 0 Å². The molecule has 1 aromatic carbocycles. The molecule has 0 atom stereocenters. The molecule has 8 nitrogen and oxygen atoms in total. The Morgan fingerprint density at radius 1 is 1.42 bits per heavy atom. The number of methoxy groups -OCH3 is 1. The lowest BCUT2D eigenvalue weighted by Gasteiger charge is -2.10. The number of carbonyl (C=O) groups excluding carboxylic acids is 1. The van der Waals surface area contributed by atoms with Crippen LogP contribution in [-0.4, -0.2) is 37.0 Å². The quantitative estimate of drug-likeness (QED) is 0.838. The van der Waals surface area contributed by atoms with E-state index in [-0.39, 0.29) is 12.0 Å². The maximum Gasteiger partial charge on any atom is 0.268 e. The molecule has 0 saturated heterocycles. The summed E-state index contributed by atoms with van der Waals surface area (Å²) in [6.07, 6.45) is 1.10. The molecule has 9 heteroatoms. The Labute approximate surface area is 139 Å². The molecular formula is C15H16N4O4S. The number of benzene rings is 1. The largest absolute Gasteiger partial charge is 0.494 e. The highest BCUT2D eigenvalue weighted by atomic mass is 32.2. The summed E-state index contributed by atoms with van der Waals surface area (Å²) in [5, 5.41) is 12.6. The SMILES string of the molecule is COc1ccccc1-n1ncc(C(=O)NS(=O)(=O)CCC#N)c1C. The Hall–Kier alpha value is -2.86. The van der Waals surface area contributed by atoms with Gasteiger partial charge in [0.05, 0.1) is 42.8 Å². The number of nitrogens with one attached hydrogen (secondary N) is 1. The van der Waals surface area contributed by atoms with E-state index in [1.807, 2.05) is 4.72 Å². The second-order valence-electron chi connectivity index (χ2n) is 4.89. The van der Waals surface area contributed by atoms with E-state index < -0.39 is 21.7 Å². The van der Waals surface area contributed by atoms with Gasteiger partial charge in [0.1, 0.15) is 11.4 Å². The van der Waals surface area contributed by atoms with Gasteiger partial charge in [-0.3, -0.25) is 4.79 Å². The molecule has 0 unspecified atom stereocenters. The zero-order valence-corrected chi connectivity index (χ0v) is 14.0. The zero-order chi connectivity index (χ0) is 17.7. The first-order chi connectivity index (χ1) is 11.4. The van der Waals surface area contributed by atoms with Crippen molar-refractivity contribution >= 4 is 15.9 Å². The van der Waals surface area contributed by atoms with E-state index in [1.165, 1.54) is 18.0 Å². The number of hydrogen-bond donors (Lipinski definition) is 1. The van der Waals surface area contributed by atoms with Gasteiger partial charge in [0, 0.05) is 0 Å². The normalized spacial score (nSPS) is 10.9. The van der Waals surface area contributed by atoms with Crippen LogP contribution in [0.4, 0.5) is 0 Å². The van der Waals surface area contributed by atoms with Gasteiger partial charge in [0.2, 0.25) is 10.0 Å². The van der Waals surface area contributed by atoms with Gasteiger partial charge in [0.15, 0.2) is 0 Å². The van der Waals surface area contributed by atoms with E-state index in [2.05, 4.69) is 5.10 Å². The smallest absolute Gasteiger partial charge is 0.268 e. The molecule has 1 N–H and O–H groups in total. The van der Waals surface area contributed by atoms with E-state index in [9.17, 15) is 13.2 Å². The molecule has 0 spiro atoms. The second kappa shape index (κ2) is 7.14. The number of para-hydroxylation sites is 2. The second-order valence-corrected chi connectivity index (χ2v) is 6.73. The molecule has 0 aliphatic rings. The van der Waals surface area contributed by atoms with Crippen LogP contribution in [0.5, 0.6) is 5.75 Å². The van der Waals surface area contributed by atoms with Gasteiger partial charge in [0.25, 0.3) is 5.91 Å². The molecule has 0 bridgehead atoms. The highest BCUT2D eigenvalue weighted by Crippen LogP contribution is 2.23. The molecule has 0 aliphatic heterocycles. The van der Waals surface area contributed by atoms with Crippen molar-refractivity contribution in [2.75, 3.05) is 12.9 Å². The van der Waals surface area contributed by atoms with Crippen molar-refractivity contribution in [3.63, 3.8) is 0 Å². The van der Waals surface area contributed by atoms with E-state index in [0.29, 0.717) is 17.1 Å². The van der Waals surface area contributed by atoms with Gasteiger partial charge < -0.3 is 4.74 Å². The molecule has 1 amide bonds. The first-order valence-corrected chi connectivity index (χ1v) is 8.64. The molecule has 1 heterocycles. The Bertz CT molecular complexity index is 896. The summed E-state index contributed by atoms with van der Waals surface area (Å²) in [6, 6.07) is 8.85. The summed E-state index contributed by atoms with van der Waals surface area (Å²) in [4.78, 5) is 12.2. The highest BCUT2D eigenvalue weighted by molar-refractivity contribution is 7.90. The Balaban J connectivity index is 2.30. The predicted molar refractivity (Wildman–Crippen MR) is 86.3 cm³/mol. The number of ether oxygens (including phenoxy) is 1. The lowest BCUT2D eigenvalue weighted by molar-refractivity contribution is 0.0981. The third kappa shape index (κ3) is 3.72. The summed E-state index contributed by atoms with van der Waals surface area (Å²) in [5.74, 6) is -0.654. The van der Waals surface area contributed by atoms with Crippen molar-refractivity contribution < 1.29 is 17.9 Å². The van der Waals surface area contributed by atoms with Crippen LogP contribution < -0.4 is 9.46 Å². The van der Waals surface area contributed by atoms with Crippen molar-refractivity contribution in [1.29, 1.82) is 5.26 Å². The van der Waals surface area contributed by atoms with Crippen LogP contribution in [0, 0.1) is 18.3 Å². The van der Waals surface area contributed by atoms with Gasteiger partial charge in [-0.1, -0.05) is 12.1 Å². The van der Waals surface area contributed by atoms with Crippen molar-refractivity contribution in [2.45, 2.75) is 13.3 Å². The first kappa shape index (κ1) is 17.5. The topological polar surface area (TPSA) is 114 Å². The lowest BCUT2D eigenvalue weighted by Crippen LogP contribution is -2.32. The summed E-state index contributed by atoms with van der Waals surface area (Å²) in [5.41, 5.74) is 1.22. The van der Waals surface area contributed by atoms with Gasteiger partial charge in [-0.2, -0.15) is 10.4 Å². The fourth-order valence-electron chi connectivity index (χ4n) is 2.11. The van der Waals surface area contributed by atoms with Gasteiger partial charge in [-0.15, -0.1) is 0 Å². The predicted octanol–water partition coefficient (Wildman–Crippen LogP) is 1.16. The van der Waals surface area contributed by atoms with Crippen molar-refractivity contribution in [1.82, 2.24) is 14.5 Å². The van der Waals surface area contributed by atoms with E-state index in [4.69, 9.17) is 10.00 Å². The van der Waals surface area contributed by atoms with Crippen LogP contribution in [-0.2, 0) is 10.0 Å². The van der Waals surface area contributed by atoms with E-state index >= 15 is 0 Å². The van der Waals surface area contributed by atoms with Crippen LogP contribution in [0.3, 0.4) is 0 Å². The molecule has 24 heavy (non-hydrogen) atoms. The van der Waals surface area contributed by atoms with Gasteiger partial charge >= 0.3 is 0 Å². The number of rotatable bonds is 6. The molecule has 1 aromatic heterocycles. The highest BCUT2D eigenvalue weighted by Gasteiger charge is 2.21. The summed E-state index contributed by atoms with van der Waals surface area (Å²) >= 11 is 0.